The molecule has 7 nitrogen and oxygen atoms in total. The molecule has 40 heavy (non-hydrogen) atoms. The standard InChI is InChI=1S/C30H29ClFIN4O3/c1-29(2,3)14-23-30(21-9-6-17(31)12-22(21)36-28(30)40)24(16-10-18(32)13-19(33)11-16)25(37-23)27(39)35-20-7-4-15(5-8-20)26(34)38/h4-13,23-25,37H,14H2,1-3H3,(H2,34,38)(H,35,39)(H,36,40)/t23-,24-,25+,30+/m0/s1. The van der Waals surface area contributed by atoms with Crippen LogP contribution in [0.5, 0.6) is 0 Å². The van der Waals surface area contributed by atoms with Gasteiger partial charge in [0.2, 0.25) is 17.7 Å². The zero-order chi connectivity index (χ0) is 29.0. The van der Waals surface area contributed by atoms with Gasteiger partial charge in [-0.1, -0.05) is 38.4 Å². The summed E-state index contributed by atoms with van der Waals surface area (Å²) in [6.45, 7) is 6.23. The molecule has 0 bridgehead atoms. The normalized spacial score (nSPS) is 23.6. The van der Waals surface area contributed by atoms with Gasteiger partial charge in [-0.2, -0.15) is 0 Å². The summed E-state index contributed by atoms with van der Waals surface area (Å²) in [5.41, 5.74) is 6.53. The third kappa shape index (κ3) is 5.10. The number of carbonyl (C=O) groups excluding carboxylic acids is 3. The molecule has 1 fully saturated rings. The second-order valence-electron chi connectivity index (χ2n) is 11.6. The van der Waals surface area contributed by atoms with E-state index < -0.39 is 35.1 Å². The number of amides is 3. The lowest BCUT2D eigenvalue weighted by atomic mass is 9.62. The van der Waals surface area contributed by atoms with Crippen molar-refractivity contribution in [3.05, 3.63) is 91.8 Å². The molecule has 2 aliphatic heterocycles. The van der Waals surface area contributed by atoms with Crippen molar-refractivity contribution in [3.8, 4) is 0 Å². The second-order valence-corrected chi connectivity index (χ2v) is 13.3. The lowest BCUT2D eigenvalue weighted by molar-refractivity contribution is -0.122. The number of fused-ring (bicyclic) bond motifs is 2. The van der Waals surface area contributed by atoms with Gasteiger partial charge in [0.1, 0.15) is 11.2 Å². The smallest absolute Gasteiger partial charge is 0.248 e. The van der Waals surface area contributed by atoms with Crippen LogP contribution in [0.15, 0.2) is 60.7 Å². The summed E-state index contributed by atoms with van der Waals surface area (Å²) < 4.78 is 15.5. The molecule has 3 aromatic rings. The zero-order valence-corrected chi connectivity index (χ0v) is 25.1. The summed E-state index contributed by atoms with van der Waals surface area (Å²) in [4.78, 5) is 39.7. The number of nitrogens with one attached hydrogen (secondary N) is 3. The van der Waals surface area contributed by atoms with E-state index in [1.807, 2.05) is 34.7 Å². The van der Waals surface area contributed by atoms with Crippen LogP contribution in [0.4, 0.5) is 15.8 Å². The van der Waals surface area contributed by atoms with Gasteiger partial charge < -0.3 is 21.7 Å². The summed E-state index contributed by atoms with van der Waals surface area (Å²) in [5, 5.41) is 9.89. The van der Waals surface area contributed by atoms with E-state index in [0.717, 1.165) is 0 Å². The third-order valence-electron chi connectivity index (χ3n) is 7.59. The van der Waals surface area contributed by atoms with Crippen molar-refractivity contribution in [2.75, 3.05) is 10.6 Å². The SMILES string of the molecule is CC(C)(C)C[C@@H]1N[C@@H](C(=O)Nc2ccc(C(N)=O)cc2)[C@H](c2cc(F)cc(I)c2)[C@]12C(=O)Nc1cc(Cl)ccc12. The Bertz CT molecular complexity index is 1500. The molecule has 10 heteroatoms. The highest BCUT2D eigenvalue weighted by Gasteiger charge is 2.65. The van der Waals surface area contributed by atoms with Gasteiger partial charge in [-0.25, -0.2) is 4.39 Å². The molecule has 3 amide bonds. The second kappa shape index (κ2) is 10.4. The van der Waals surface area contributed by atoms with Crippen molar-refractivity contribution in [1.82, 2.24) is 5.32 Å². The molecule has 1 saturated heterocycles. The maximum Gasteiger partial charge on any atom is 0.248 e. The van der Waals surface area contributed by atoms with Crippen molar-refractivity contribution >= 4 is 63.3 Å². The Kier molecular flexibility index (Phi) is 7.43. The molecule has 0 unspecified atom stereocenters. The summed E-state index contributed by atoms with van der Waals surface area (Å²) >= 11 is 8.33. The molecule has 0 saturated carbocycles. The molecular formula is C30H29ClFIN4O3. The van der Waals surface area contributed by atoms with E-state index in [1.165, 1.54) is 24.3 Å². The van der Waals surface area contributed by atoms with E-state index in [9.17, 15) is 18.8 Å². The van der Waals surface area contributed by atoms with Gasteiger partial charge in [-0.3, -0.25) is 14.4 Å². The number of benzene rings is 3. The molecule has 5 N–H and O–H groups in total. The lowest BCUT2D eigenvalue weighted by Gasteiger charge is -2.37. The Balaban J connectivity index is 1.68. The first kappa shape index (κ1) is 28.5. The van der Waals surface area contributed by atoms with Crippen LogP contribution in [-0.2, 0) is 15.0 Å². The molecule has 3 aromatic carbocycles. The number of rotatable bonds is 5. The van der Waals surface area contributed by atoms with Gasteiger partial charge in [-0.05, 0) is 100 Å². The van der Waals surface area contributed by atoms with Crippen LogP contribution in [0.3, 0.4) is 0 Å². The van der Waals surface area contributed by atoms with Crippen LogP contribution >= 0.6 is 34.2 Å². The number of halogens is 3. The Morgan fingerprint density at radius 3 is 2.42 bits per heavy atom. The highest BCUT2D eigenvalue weighted by atomic mass is 127. The van der Waals surface area contributed by atoms with Gasteiger partial charge in [0.05, 0.1) is 6.04 Å². The summed E-state index contributed by atoms with van der Waals surface area (Å²) in [7, 11) is 0. The number of anilines is 2. The first-order chi connectivity index (χ1) is 18.8. The Morgan fingerprint density at radius 2 is 1.80 bits per heavy atom. The number of nitrogens with two attached hydrogens (primary N) is 1. The van der Waals surface area contributed by atoms with Crippen LogP contribution < -0.4 is 21.7 Å². The van der Waals surface area contributed by atoms with Crippen LogP contribution in [0.25, 0.3) is 0 Å². The highest BCUT2D eigenvalue weighted by Crippen LogP contribution is 2.56. The van der Waals surface area contributed by atoms with E-state index in [0.29, 0.717) is 43.1 Å². The zero-order valence-electron chi connectivity index (χ0n) is 22.1. The molecule has 5 rings (SSSR count). The molecule has 2 heterocycles. The quantitative estimate of drug-likeness (QED) is 0.265. The maximum atomic E-state index is 14.9. The number of hydrogen-bond donors (Lipinski definition) is 4. The Labute approximate surface area is 250 Å². The van der Waals surface area contributed by atoms with Gasteiger partial charge in [0.25, 0.3) is 0 Å². The van der Waals surface area contributed by atoms with E-state index >= 15 is 0 Å². The number of carbonyl (C=O) groups is 3. The van der Waals surface area contributed by atoms with Crippen LogP contribution in [0.2, 0.25) is 5.02 Å². The summed E-state index contributed by atoms with van der Waals surface area (Å²) in [6, 6.07) is 14.8. The van der Waals surface area contributed by atoms with E-state index in [2.05, 4.69) is 36.7 Å². The molecule has 0 aromatic heterocycles. The molecule has 4 atom stereocenters. The average Bonchev–Trinajstić information content (AvgIpc) is 3.32. The Morgan fingerprint density at radius 1 is 1.10 bits per heavy atom. The molecule has 208 valence electrons. The maximum absolute atomic E-state index is 14.9. The summed E-state index contributed by atoms with van der Waals surface area (Å²) in [6.07, 6.45) is 0.558. The van der Waals surface area contributed by atoms with Gasteiger partial charge in [-0.15, -0.1) is 0 Å². The van der Waals surface area contributed by atoms with Gasteiger partial charge in [0, 0.05) is 37.5 Å². The van der Waals surface area contributed by atoms with Crippen LogP contribution in [0, 0.1) is 14.8 Å². The van der Waals surface area contributed by atoms with Crippen molar-refractivity contribution in [2.24, 2.45) is 11.1 Å². The molecule has 0 radical (unpaired) electrons. The predicted molar refractivity (Wildman–Crippen MR) is 162 cm³/mol. The predicted octanol–water partition coefficient (Wildman–Crippen LogP) is 5.57. The average molecular weight is 675 g/mol. The highest BCUT2D eigenvalue weighted by molar-refractivity contribution is 14.1. The molecule has 0 aliphatic carbocycles. The monoisotopic (exact) mass is 674 g/mol. The van der Waals surface area contributed by atoms with Crippen molar-refractivity contribution in [3.63, 3.8) is 0 Å². The lowest BCUT2D eigenvalue weighted by Crippen LogP contribution is -2.49. The fraction of sp³-hybridized carbons (Fsp3) is 0.300. The third-order valence-corrected chi connectivity index (χ3v) is 8.44. The first-order valence-corrected chi connectivity index (χ1v) is 14.3. The number of primary amides is 1. The largest absolute Gasteiger partial charge is 0.366 e. The van der Waals surface area contributed by atoms with E-state index in [4.69, 9.17) is 17.3 Å². The van der Waals surface area contributed by atoms with Crippen molar-refractivity contribution in [2.45, 2.75) is 50.6 Å². The minimum Gasteiger partial charge on any atom is -0.366 e. The van der Waals surface area contributed by atoms with Crippen LogP contribution in [0.1, 0.15) is 54.6 Å². The van der Waals surface area contributed by atoms with Crippen molar-refractivity contribution < 1.29 is 18.8 Å². The number of hydrogen-bond acceptors (Lipinski definition) is 4. The topological polar surface area (TPSA) is 113 Å². The minimum atomic E-state index is -1.22. The van der Waals surface area contributed by atoms with E-state index in [1.54, 1.807) is 24.3 Å². The summed E-state index contributed by atoms with van der Waals surface area (Å²) in [5.74, 6) is -2.43. The molecular weight excluding hydrogens is 646 g/mol. The van der Waals surface area contributed by atoms with Gasteiger partial charge >= 0.3 is 0 Å². The van der Waals surface area contributed by atoms with Crippen LogP contribution in [-0.4, -0.2) is 29.8 Å². The first-order valence-electron chi connectivity index (χ1n) is 12.8. The minimum absolute atomic E-state index is 0.211. The molecule has 1 spiro atoms. The fourth-order valence-corrected chi connectivity index (χ4v) is 6.94. The fourth-order valence-electron chi connectivity index (χ4n) is 6.11. The molecule has 2 aliphatic rings. The Hall–Kier alpha value is -3.02. The van der Waals surface area contributed by atoms with Gasteiger partial charge in [0.15, 0.2) is 0 Å². The van der Waals surface area contributed by atoms with Crippen molar-refractivity contribution in [1.29, 1.82) is 0 Å². The van der Waals surface area contributed by atoms with E-state index in [-0.39, 0.29) is 17.2 Å².